The Hall–Kier alpha value is -1.55. The van der Waals surface area contributed by atoms with Gasteiger partial charge < -0.3 is 9.64 Å². The molecule has 0 aliphatic heterocycles. The monoisotopic (exact) mass is 281 g/mol. The quantitative estimate of drug-likeness (QED) is 0.612. The van der Waals surface area contributed by atoms with Crippen LogP contribution in [0, 0.1) is 0 Å². The summed E-state index contributed by atoms with van der Waals surface area (Å²) in [4.78, 5) is 25.4. The molecule has 1 aliphatic carbocycles. The summed E-state index contributed by atoms with van der Waals surface area (Å²) in [6.45, 7) is 0.376. The minimum Gasteiger partial charge on any atom is -0.467 e. The molecule has 1 saturated carbocycles. The number of amides is 1. The lowest BCUT2D eigenvalue weighted by Gasteiger charge is -2.29. The number of ether oxygens (including phenoxy) is 1. The predicted octanol–water partition coefficient (Wildman–Crippen LogP) is 1.96. The summed E-state index contributed by atoms with van der Waals surface area (Å²) in [5.41, 5.74) is 0.160. The highest BCUT2D eigenvalue weighted by molar-refractivity contribution is 6.27. The normalized spacial score (nSPS) is 15.7. The third kappa shape index (κ3) is 2.73. The fraction of sp³-hybridized carbons (Fsp3) is 0.429. The van der Waals surface area contributed by atoms with E-state index in [1.165, 1.54) is 7.11 Å². The number of carbonyl (C=O) groups excluding carboxylic acids is 2. The van der Waals surface area contributed by atoms with Gasteiger partial charge in [0.25, 0.3) is 0 Å². The molecule has 1 aromatic rings. The van der Waals surface area contributed by atoms with Gasteiger partial charge >= 0.3 is 5.97 Å². The number of benzene rings is 1. The zero-order valence-electron chi connectivity index (χ0n) is 10.8. The summed E-state index contributed by atoms with van der Waals surface area (Å²) < 4.78 is 4.81. The van der Waals surface area contributed by atoms with Crippen molar-refractivity contribution in [3.05, 3.63) is 35.9 Å². The Morgan fingerprint density at radius 2 is 1.95 bits per heavy atom. The van der Waals surface area contributed by atoms with E-state index in [1.54, 1.807) is 4.90 Å². The van der Waals surface area contributed by atoms with Gasteiger partial charge in [0, 0.05) is 6.54 Å². The lowest BCUT2D eigenvalue weighted by atomic mass is 10.1. The zero-order chi connectivity index (χ0) is 13.9. The second-order valence-electron chi connectivity index (χ2n) is 4.62. The number of nitrogens with zero attached hydrogens (tertiary/aromatic N) is 1. The Morgan fingerprint density at radius 3 is 2.42 bits per heavy atom. The van der Waals surface area contributed by atoms with Crippen LogP contribution >= 0.6 is 11.6 Å². The van der Waals surface area contributed by atoms with Gasteiger partial charge in [-0.05, 0) is 18.4 Å². The van der Waals surface area contributed by atoms with Crippen molar-refractivity contribution >= 4 is 23.5 Å². The second kappa shape index (κ2) is 5.61. The van der Waals surface area contributed by atoms with Crippen molar-refractivity contribution < 1.29 is 14.3 Å². The molecule has 1 amide bonds. The highest BCUT2D eigenvalue weighted by Gasteiger charge is 2.57. The van der Waals surface area contributed by atoms with E-state index in [4.69, 9.17) is 16.3 Å². The van der Waals surface area contributed by atoms with Crippen molar-refractivity contribution in [3.63, 3.8) is 0 Å². The number of hydrogen-bond acceptors (Lipinski definition) is 3. The van der Waals surface area contributed by atoms with Crippen LogP contribution in [0.15, 0.2) is 30.3 Å². The van der Waals surface area contributed by atoms with Crippen molar-refractivity contribution in [1.82, 2.24) is 4.90 Å². The Morgan fingerprint density at radius 1 is 1.32 bits per heavy atom. The molecule has 102 valence electrons. The standard InChI is InChI=1S/C14H16ClNO3/c1-19-13(18)14(7-8-14)16(12(17)9-15)10-11-5-3-2-4-6-11/h2-6H,7-10H2,1H3. The average Bonchev–Trinajstić information content (AvgIpc) is 3.25. The maximum atomic E-state index is 12.0. The van der Waals surface area contributed by atoms with Gasteiger partial charge in [-0.3, -0.25) is 4.79 Å². The van der Waals surface area contributed by atoms with Gasteiger partial charge in [-0.2, -0.15) is 0 Å². The molecule has 1 aliphatic rings. The van der Waals surface area contributed by atoms with Gasteiger partial charge in [0.1, 0.15) is 11.4 Å². The minimum atomic E-state index is -0.809. The first kappa shape index (κ1) is 13.9. The largest absolute Gasteiger partial charge is 0.467 e. The van der Waals surface area contributed by atoms with Crippen LogP contribution in [0.3, 0.4) is 0 Å². The first-order valence-electron chi connectivity index (χ1n) is 6.13. The third-order valence-corrected chi connectivity index (χ3v) is 3.63. The number of esters is 1. The number of hydrogen-bond donors (Lipinski definition) is 0. The number of alkyl halides is 1. The fourth-order valence-corrected chi connectivity index (χ4v) is 2.35. The fourth-order valence-electron chi connectivity index (χ4n) is 2.21. The molecule has 0 unspecified atom stereocenters. The van der Waals surface area contributed by atoms with Crippen molar-refractivity contribution in [3.8, 4) is 0 Å². The molecule has 2 rings (SSSR count). The van der Waals surface area contributed by atoms with Crippen LogP contribution in [0.4, 0.5) is 0 Å². The summed E-state index contributed by atoms with van der Waals surface area (Å²) in [6, 6.07) is 9.54. The smallest absolute Gasteiger partial charge is 0.331 e. The van der Waals surface area contributed by atoms with Gasteiger partial charge in [0.2, 0.25) is 5.91 Å². The van der Waals surface area contributed by atoms with E-state index in [0.717, 1.165) is 5.56 Å². The van der Waals surface area contributed by atoms with E-state index in [-0.39, 0.29) is 17.8 Å². The number of carbonyl (C=O) groups is 2. The van der Waals surface area contributed by atoms with Gasteiger partial charge in [-0.1, -0.05) is 30.3 Å². The number of methoxy groups -OCH3 is 1. The van der Waals surface area contributed by atoms with Crippen molar-refractivity contribution in [2.75, 3.05) is 13.0 Å². The number of halogens is 1. The highest BCUT2D eigenvalue weighted by atomic mass is 35.5. The summed E-state index contributed by atoms with van der Waals surface area (Å²) in [5.74, 6) is -0.735. The van der Waals surface area contributed by atoms with Crippen molar-refractivity contribution in [2.24, 2.45) is 0 Å². The molecule has 19 heavy (non-hydrogen) atoms. The van der Waals surface area contributed by atoms with Crippen LogP contribution < -0.4 is 0 Å². The zero-order valence-corrected chi connectivity index (χ0v) is 11.5. The molecule has 0 aromatic heterocycles. The first-order chi connectivity index (χ1) is 9.14. The Labute approximate surface area is 117 Å². The van der Waals surface area contributed by atoms with Crippen LogP contribution in [0.25, 0.3) is 0 Å². The third-order valence-electron chi connectivity index (χ3n) is 3.40. The molecule has 0 N–H and O–H groups in total. The van der Waals surface area contributed by atoms with E-state index in [9.17, 15) is 9.59 Å². The first-order valence-corrected chi connectivity index (χ1v) is 6.66. The highest BCUT2D eigenvalue weighted by Crippen LogP contribution is 2.43. The lowest BCUT2D eigenvalue weighted by Crippen LogP contribution is -2.47. The Bertz CT molecular complexity index is 471. The molecule has 1 fully saturated rings. The van der Waals surface area contributed by atoms with E-state index in [1.807, 2.05) is 30.3 Å². The molecular formula is C14H16ClNO3. The molecule has 4 nitrogen and oxygen atoms in total. The molecular weight excluding hydrogens is 266 g/mol. The lowest BCUT2D eigenvalue weighted by molar-refractivity contribution is -0.154. The van der Waals surface area contributed by atoms with Crippen molar-refractivity contribution in [2.45, 2.75) is 24.9 Å². The van der Waals surface area contributed by atoms with Crippen LogP contribution in [0.5, 0.6) is 0 Å². The summed E-state index contributed by atoms with van der Waals surface area (Å²) in [6.07, 6.45) is 1.27. The van der Waals surface area contributed by atoms with Crippen LogP contribution in [0.2, 0.25) is 0 Å². The van der Waals surface area contributed by atoms with E-state index < -0.39 is 5.54 Å². The van der Waals surface area contributed by atoms with Crippen LogP contribution in [-0.4, -0.2) is 35.3 Å². The van der Waals surface area contributed by atoms with E-state index in [0.29, 0.717) is 19.4 Å². The van der Waals surface area contributed by atoms with Crippen molar-refractivity contribution in [1.29, 1.82) is 0 Å². The minimum absolute atomic E-state index is 0.133. The van der Waals surface area contributed by atoms with Gasteiger partial charge in [0.05, 0.1) is 7.11 Å². The Balaban J connectivity index is 2.23. The SMILES string of the molecule is COC(=O)C1(N(Cc2ccccc2)C(=O)CCl)CC1. The summed E-state index contributed by atoms with van der Waals surface area (Å²) >= 11 is 5.65. The Kier molecular flexibility index (Phi) is 4.10. The van der Waals surface area contributed by atoms with E-state index in [2.05, 4.69) is 0 Å². The molecule has 1 aromatic carbocycles. The summed E-state index contributed by atoms with van der Waals surface area (Å²) in [5, 5.41) is 0. The topological polar surface area (TPSA) is 46.6 Å². The van der Waals surface area contributed by atoms with E-state index >= 15 is 0 Å². The molecule has 5 heteroatoms. The molecule has 0 heterocycles. The number of rotatable bonds is 5. The second-order valence-corrected chi connectivity index (χ2v) is 4.89. The molecule has 0 spiro atoms. The molecule has 0 radical (unpaired) electrons. The molecule has 0 saturated heterocycles. The average molecular weight is 282 g/mol. The maximum absolute atomic E-state index is 12.0. The molecule has 0 atom stereocenters. The predicted molar refractivity (Wildman–Crippen MR) is 71.7 cm³/mol. The maximum Gasteiger partial charge on any atom is 0.331 e. The van der Waals surface area contributed by atoms with Gasteiger partial charge in [0.15, 0.2) is 0 Å². The van der Waals surface area contributed by atoms with Crippen LogP contribution in [-0.2, 0) is 20.9 Å². The van der Waals surface area contributed by atoms with Crippen LogP contribution in [0.1, 0.15) is 18.4 Å². The molecule has 0 bridgehead atoms. The summed E-state index contributed by atoms with van der Waals surface area (Å²) in [7, 11) is 1.34. The van der Waals surface area contributed by atoms with Gasteiger partial charge in [-0.15, -0.1) is 11.6 Å². The van der Waals surface area contributed by atoms with Gasteiger partial charge in [-0.25, -0.2) is 4.79 Å².